The summed E-state index contributed by atoms with van der Waals surface area (Å²) in [4.78, 5) is 30.7. The molecule has 2 fully saturated rings. The normalized spacial score (nSPS) is 21.4. The minimum Gasteiger partial charge on any atom is -0.310 e. The van der Waals surface area contributed by atoms with Crippen LogP contribution in [0.3, 0.4) is 0 Å². The van der Waals surface area contributed by atoms with Crippen LogP contribution in [0.2, 0.25) is 0 Å². The van der Waals surface area contributed by atoms with Crippen LogP contribution in [-0.2, 0) is 23.2 Å². The molecule has 3 aromatic rings. The van der Waals surface area contributed by atoms with E-state index >= 15 is 0 Å². The van der Waals surface area contributed by atoms with Gasteiger partial charge in [0.25, 0.3) is 0 Å². The summed E-state index contributed by atoms with van der Waals surface area (Å²) in [6.45, 7) is 3.20. The van der Waals surface area contributed by atoms with Crippen LogP contribution in [-0.4, -0.2) is 44.9 Å². The van der Waals surface area contributed by atoms with Gasteiger partial charge in [-0.3, -0.25) is 14.4 Å². The predicted molar refractivity (Wildman–Crippen MR) is 133 cm³/mol. The summed E-state index contributed by atoms with van der Waals surface area (Å²) in [6, 6.07) is 8.33. The van der Waals surface area contributed by atoms with Crippen LogP contribution in [0.4, 0.5) is 5.82 Å². The number of hydrogen-bond donors (Lipinski definition) is 1. The first-order valence-electron chi connectivity index (χ1n) is 12.5. The van der Waals surface area contributed by atoms with Gasteiger partial charge in [-0.25, -0.2) is 4.98 Å². The molecule has 1 saturated carbocycles. The Morgan fingerprint density at radius 3 is 2.62 bits per heavy atom. The SMILES string of the molecule is Cn1ncc(-c2ccc3cnc(NC(=O)C4CCC(C=O)CC4)cc3c2)c1CN1CCCCC1. The third-order valence-corrected chi connectivity index (χ3v) is 7.50. The molecule has 7 nitrogen and oxygen atoms in total. The average Bonchev–Trinajstić information content (AvgIpc) is 3.24. The minimum absolute atomic E-state index is 0.00318. The summed E-state index contributed by atoms with van der Waals surface area (Å²) < 4.78 is 1.99. The van der Waals surface area contributed by atoms with E-state index in [1.54, 1.807) is 0 Å². The Morgan fingerprint density at radius 1 is 1.06 bits per heavy atom. The van der Waals surface area contributed by atoms with Crippen LogP contribution in [0, 0.1) is 11.8 Å². The van der Waals surface area contributed by atoms with Crippen LogP contribution in [0.1, 0.15) is 50.6 Å². The number of rotatable bonds is 6. The van der Waals surface area contributed by atoms with Crippen LogP contribution in [0.25, 0.3) is 21.9 Å². The van der Waals surface area contributed by atoms with Crippen molar-refractivity contribution in [1.82, 2.24) is 19.7 Å². The summed E-state index contributed by atoms with van der Waals surface area (Å²) in [5, 5.41) is 9.64. The molecule has 3 heterocycles. The van der Waals surface area contributed by atoms with E-state index in [0.29, 0.717) is 5.82 Å². The lowest BCUT2D eigenvalue weighted by molar-refractivity contribution is -0.122. The number of fused-ring (bicyclic) bond motifs is 1. The van der Waals surface area contributed by atoms with Crippen LogP contribution in [0.5, 0.6) is 0 Å². The molecule has 2 aromatic heterocycles. The van der Waals surface area contributed by atoms with E-state index in [9.17, 15) is 9.59 Å². The molecule has 0 bridgehead atoms. The Balaban J connectivity index is 1.35. The van der Waals surface area contributed by atoms with E-state index in [1.165, 1.54) is 25.0 Å². The molecule has 0 unspecified atom stereocenters. The number of benzene rings is 1. The van der Waals surface area contributed by atoms with E-state index in [4.69, 9.17) is 0 Å². The lowest BCUT2D eigenvalue weighted by atomic mass is 9.82. The van der Waals surface area contributed by atoms with Gasteiger partial charge in [0, 0.05) is 42.6 Å². The lowest BCUT2D eigenvalue weighted by Gasteiger charge is -2.26. The fourth-order valence-electron chi connectivity index (χ4n) is 5.34. The molecule has 34 heavy (non-hydrogen) atoms. The number of aldehydes is 1. The van der Waals surface area contributed by atoms with Gasteiger partial charge in [-0.1, -0.05) is 18.6 Å². The zero-order valence-electron chi connectivity index (χ0n) is 19.9. The average molecular weight is 460 g/mol. The molecule has 1 N–H and O–H groups in total. The molecular formula is C27H33N5O2. The Kier molecular flexibility index (Phi) is 6.72. The molecule has 178 valence electrons. The van der Waals surface area contributed by atoms with Crippen molar-refractivity contribution in [3.05, 3.63) is 42.4 Å². The van der Waals surface area contributed by atoms with Crippen molar-refractivity contribution in [2.45, 2.75) is 51.5 Å². The van der Waals surface area contributed by atoms with Gasteiger partial charge in [0.15, 0.2) is 0 Å². The fourth-order valence-corrected chi connectivity index (χ4v) is 5.34. The summed E-state index contributed by atoms with van der Waals surface area (Å²) in [6.07, 6.45) is 11.8. The summed E-state index contributed by atoms with van der Waals surface area (Å²) in [7, 11) is 2.02. The highest BCUT2D eigenvalue weighted by atomic mass is 16.2. The number of anilines is 1. The molecule has 7 heteroatoms. The van der Waals surface area contributed by atoms with Crippen molar-refractivity contribution in [2.75, 3.05) is 18.4 Å². The van der Waals surface area contributed by atoms with E-state index < -0.39 is 0 Å². The van der Waals surface area contributed by atoms with Crippen molar-refractivity contribution in [1.29, 1.82) is 0 Å². The second kappa shape index (κ2) is 10.1. The number of piperidine rings is 1. The standard InChI is InChI=1S/C27H33N5O2/c1-31-25(17-32-11-3-2-4-12-32)24(16-29-31)21-9-10-22-15-28-26(14-23(22)13-21)30-27(34)20-7-5-19(18-33)6-8-20/h9-10,13-16,18-20H,2-8,11-12,17H2,1H3,(H,28,30,34). The monoisotopic (exact) mass is 459 g/mol. The summed E-state index contributed by atoms with van der Waals surface area (Å²) in [5.41, 5.74) is 3.52. The minimum atomic E-state index is -0.0484. The number of aryl methyl sites for hydroxylation is 1. The van der Waals surface area contributed by atoms with Gasteiger partial charge in [0.2, 0.25) is 5.91 Å². The molecule has 1 saturated heterocycles. The summed E-state index contributed by atoms with van der Waals surface area (Å²) in [5.74, 6) is 0.636. The maximum Gasteiger partial charge on any atom is 0.228 e. The highest BCUT2D eigenvalue weighted by molar-refractivity contribution is 5.95. The smallest absolute Gasteiger partial charge is 0.228 e. The van der Waals surface area contributed by atoms with Crippen LogP contribution in [0.15, 0.2) is 36.7 Å². The zero-order valence-corrected chi connectivity index (χ0v) is 19.9. The highest BCUT2D eigenvalue weighted by Crippen LogP contribution is 2.31. The Labute approximate surface area is 200 Å². The molecule has 2 aliphatic rings. The largest absolute Gasteiger partial charge is 0.310 e. The molecule has 0 radical (unpaired) electrons. The van der Waals surface area contributed by atoms with E-state index in [2.05, 4.69) is 38.5 Å². The van der Waals surface area contributed by atoms with Crippen LogP contribution < -0.4 is 5.32 Å². The number of pyridine rings is 1. The maximum atomic E-state index is 12.8. The highest BCUT2D eigenvalue weighted by Gasteiger charge is 2.26. The number of nitrogens with zero attached hydrogens (tertiary/aromatic N) is 4. The van der Waals surface area contributed by atoms with Crippen molar-refractivity contribution in [3.63, 3.8) is 0 Å². The van der Waals surface area contributed by atoms with E-state index in [-0.39, 0.29) is 17.7 Å². The van der Waals surface area contributed by atoms with Gasteiger partial charge in [0.05, 0.1) is 11.9 Å². The van der Waals surface area contributed by atoms with E-state index in [0.717, 1.165) is 73.5 Å². The number of amides is 1. The van der Waals surface area contributed by atoms with Crippen molar-refractivity contribution in [3.8, 4) is 11.1 Å². The number of carbonyl (C=O) groups excluding carboxylic acids is 2. The molecule has 1 amide bonds. The quantitative estimate of drug-likeness (QED) is 0.547. The maximum absolute atomic E-state index is 12.8. The van der Waals surface area contributed by atoms with Crippen molar-refractivity contribution >= 4 is 28.8 Å². The van der Waals surface area contributed by atoms with E-state index in [1.807, 2.05) is 30.2 Å². The van der Waals surface area contributed by atoms with Gasteiger partial charge in [-0.2, -0.15) is 5.10 Å². The topological polar surface area (TPSA) is 80.1 Å². The van der Waals surface area contributed by atoms with Crippen LogP contribution >= 0.6 is 0 Å². The van der Waals surface area contributed by atoms with Gasteiger partial charge in [-0.05, 0) is 74.7 Å². The van der Waals surface area contributed by atoms with Gasteiger partial charge in [0.1, 0.15) is 12.1 Å². The second-order valence-corrected chi connectivity index (χ2v) is 9.83. The molecule has 0 atom stereocenters. The fraction of sp³-hybridized carbons (Fsp3) is 0.481. The molecule has 5 rings (SSSR count). The Hall–Kier alpha value is -3.06. The number of hydrogen-bond acceptors (Lipinski definition) is 5. The third-order valence-electron chi connectivity index (χ3n) is 7.50. The zero-order chi connectivity index (χ0) is 23.5. The summed E-state index contributed by atoms with van der Waals surface area (Å²) >= 11 is 0. The Bertz CT molecular complexity index is 1170. The number of nitrogens with one attached hydrogen (secondary N) is 1. The molecule has 1 aromatic carbocycles. The third kappa shape index (κ3) is 4.89. The molecule has 1 aliphatic heterocycles. The number of aromatic nitrogens is 3. The van der Waals surface area contributed by atoms with Gasteiger partial charge in [-0.15, -0.1) is 0 Å². The molecule has 0 spiro atoms. The number of carbonyl (C=O) groups is 2. The predicted octanol–water partition coefficient (Wildman–Crippen LogP) is 4.57. The lowest BCUT2D eigenvalue weighted by Crippen LogP contribution is -2.30. The molecule has 1 aliphatic carbocycles. The molecular weight excluding hydrogens is 426 g/mol. The Morgan fingerprint density at radius 2 is 1.85 bits per heavy atom. The number of likely N-dealkylation sites (tertiary alicyclic amines) is 1. The van der Waals surface area contributed by atoms with Crippen molar-refractivity contribution in [2.24, 2.45) is 18.9 Å². The van der Waals surface area contributed by atoms with Gasteiger partial charge >= 0.3 is 0 Å². The van der Waals surface area contributed by atoms with Crippen molar-refractivity contribution < 1.29 is 9.59 Å². The van der Waals surface area contributed by atoms with Gasteiger partial charge < -0.3 is 10.1 Å². The first-order chi connectivity index (χ1) is 16.6. The second-order valence-electron chi connectivity index (χ2n) is 9.83. The first kappa shape index (κ1) is 22.7. The first-order valence-corrected chi connectivity index (χ1v) is 12.5.